The van der Waals surface area contributed by atoms with Crippen molar-refractivity contribution < 1.29 is 0 Å². The summed E-state index contributed by atoms with van der Waals surface area (Å²) in [6.07, 6.45) is 0. The van der Waals surface area contributed by atoms with Crippen molar-refractivity contribution in [2.24, 2.45) is 11.5 Å². The summed E-state index contributed by atoms with van der Waals surface area (Å²) in [7, 11) is 0. The molecular weight excluding hydrogens is 260 g/mol. The van der Waals surface area contributed by atoms with Crippen molar-refractivity contribution in [3.05, 3.63) is 28.5 Å². The lowest BCUT2D eigenvalue weighted by molar-refractivity contribution is 1.21. The van der Waals surface area contributed by atoms with E-state index in [1.165, 1.54) is 12.1 Å². The number of halogens is 3. The highest BCUT2D eigenvalue weighted by Crippen LogP contribution is 2.11. The molecule has 5 nitrogen and oxygen atoms in total. The number of pyridine rings is 1. The maximum atomic E-state index is 7.12. The third-order valence-corrected chi connectivity index (χ3v) is 1.56. The van der Waals surface area contributed by atoms with Crippen LogP contribution in [0, 0.1) is 10.8 Å². The summed E-state index contributed by atoms with van der Waals surface area (Å²) in [5.74, 6) is -0.407. The molecule has 0 amide bonds. The number of nitrogens with two attached hydrogens (primary N) is 2. The van der Waals surface area contributed by atoms with Crippen LogP contribution in [-0.2, 0) is 0 Å². The SMILES string of the molecule is Cl.Cl.N=C(N)c1cc(Cl)cc(C(=N)N)n1. The molecule has 1 heterocycles. The summed E-state index contributed by atoms with van der Waals surface area (Å²) < 4.78 is 0. The minimum absolute atomic E-state index is 0. The fourth-order valence-corrected chi connectivity index (χ4v) is 0.980. The van der Waals surface area contributed by atoms with Crippen molar-refractivity contribution in [2.75, 3.05) is 0 Å². The molecule has 0 saturated heterocycles. The number of nitrogens with one attached hydrogen (secondary N) is 2. The van der Waals surface area contributed by atoms with Crippen LogP contribution in [0.5, 0.6) is 0 Å². The Morgan fingerprint density at radius 2 is 1.40 bits per heavy atom. The van der Waals surface area contributed by atoms with Gasteiger partial charge in [0, 0.05) is 5.02 Å². The highest BCUT2D eigenvalue weighted by Gasteiger charge is 2.05. The first-order valence-corrected chi connectivity index (χ1v) is 3.75. The van der Waals surface area contributed by atoms with Crippen LogP contribution < -0.4 is 11.5 Å². The van der Waals surface area contributed by atoms with E-state index in [-0.39, 0.29) is 47.9 Å². The molecular formula is C7H10Cl3N5. The second-order valence-corrected chi connectivity index (χ2v) is 2.82. The van der Waals surface area contributed by atoms with Crippen LogP contribution in [0.1, 0.15) is 11.4 Å². The molecule has 0 aromatic carbocycles. The number of hydrogen-bond donors (Lipinski definition) is 4. The highest BCUT2D eigenvalue weighted by molar-refractivity contribution is 6.31. The maximum absolute atomic E-state index is 7.12. The van der Waals surface area contributed by atoms with Gasteiger partial charge in [0.2, 0.25) is 0 Å². The van der Waals surface area contributed by atoms with Crippen LogP contribution in [-0.4, -0.2) is 16.7 Å². The van der Waals surface area contributed by atoms with Gasteiger partial charge in [-0.2, -0.15) is 0 Å². The molecule has 15 heavy (non-hydrogen) atoms. The number of hydrogen-bond acceptors (Lipinski definition) is 3. The van der Waals surface area contributed by atoms with Gasteiger partial charge < -0.3 is 11.5 Å². The van der Waals surface area contributed by atoms with E-state index in [1.807, 2.05) is 0 Å². The quantitative estimate of drug-likeness (QED) is 0.477. The van der Waals surface area contributed by atoms with Gasteiger partial charge in [-0.25, -0.2) is 4.98 Å². The molecule has 8 heteroatoms. The Hall–Kier alpha value is -1.04. The van der Waals surface area contributed by atoms with E-state index < -0.39 is 0 Å². The number of aromatic nitrogens is 1. The predicted molar refractivity (Wildman–Crippen MR) is 65.8 cm³/mol. The Morgan fingerprint density at radius 3 is 1.67 bits per heavy atom. The zero-order chi connectivity index (χ0) is 10.0. The van der Waals surface area contributed by atoms with Crippen LogP contribution in [0.2, 0.25) is 5.02 Å². The summed E-state index contributed by atoms with van der Waals surface area (Å²) in [6.45, 7) is 0. The van der Waals surface area contributed by atoms with Gasteiger partial charge in [0.15, 0.2) is 0 Å². The summed E-state index contributed by atoms with van der Waals surface area (Å²) in [4.78, 5) is 3.85. The molecule has 1 aromatic heterocycles. The summed E-state index contributed by atoms with van der Waals surface area (Å²) in [5.41, 5.74) is 10.8. The Bertz CT molecular complexity index is 347. The van der Waals surface area contributed by atoms with Crippen LogP contribution in [0.25, 0.3) is 0 Å². The van der Waals surface area contributed by atoms with E-state index in [2.05, 4.69) is 4.98 Å². The second-order valence-electron chi connectivity index (χ2n) is 2.38. The average Bonchev–Trinajstić information content (AvgIpc) is 2.03. The molecule has 84 valence electrons. The summed E-state index contributed by atoms with van der Waals surface area (Å²) in [6, 6.07) is 2.88. The zero-order valence-electron chi connectivity index (χ0n) is 7.45. The van der Waals surface area contributed by atoms with Gasteiger partial charge in [-0.05, 0) is 12.1 Å². The first-order valence-electron chi connectivity index (χ1n) is 3.37. The smallest absolute Gasteiger partial charge is 0.141 e. The molecule has 0 aliphatic rings. The largest absolute Gasteiger partial charge is 0.382 e. The molecule has 0 unspecified atom stereocenters. The molecule has 0 aliphatic carbocycles. The van der Waals surface area contributed by atoms with Crippen molar-refractivity contribution in [3.63, 3.8) is 0 Å². The Morgan fingerprint density at radius 1 is 1.07 bits per heavy atom. The lowest BCUT2D eigenvalue weighted by Gasteiger charge is -2.02. The molecule has 1 aromatic rings. The third kappa shape index (κ3) is 4.33. The lowest BCUT2D eigenvalue weighted by atomic mass is 10.2. The molecule has 0 saturated carbocycles. The molecule has 0 fully saturated rings. The van der Waals surface area contributed by atoms with E-state index in [0.717, 1.165) is 0 Å². The van der Waals surface area contributed by atoms with Crippen LogP contribution in [0.4, 0.5) is 0 Å². The van der Waals surface area contributed by atoms with Gasteiger partial charge in [0.25, 0.3) is 0 Å². The highest BCUT2D eigenvalue weighted by atomic mass is 35.5. The van der Waals surface area contributed by atoms with Crippen molar-refractivity contribution in [1.82, 2.24) is 4.98 Å². The standard InChI is InChI=1S/C7H8ClN5.2ClH/c8-3-1-4(6(9)10)13-5(2-3)7(11)12;;/h1-2H,(H3,9,10)(H3,11,12);2*1H. The van der Waals surface area contributed by atoms with Gasteiger partial charge in [-0.1, -0.05) is 11.6 Å². The Balaban J connectivity index is 0. The lowest BCUT2D eigenvalue weighted by Crippen LogP contribution is -2.18. The topological polar surface area (TPSA) is 113 Å². The van der Waals surface area contributed by atoms with Gasteiger partial charge in [-0.3, -0.25) is 10.8 Å². The monoisotopic (exact) mass is 269 g/mol. The maximum Gasteiger partial charge on any atom is 0.141 e. The fourth-order valence-electron chi connectivity index (χ4n) is 0.773. The predicted octanol–water partition coefficient (Wildman–Crippen LogP) is 1.15. The third-order valence-electron chi connectivity index (χ3n) is 1.34. The second kappa shape index (κ2) is 6.44. The molecule has 0 aliphatic heterocycles. The van der Waals surface area contributed by atoms with Gasteiger partial charge in [-0.15, -0.1) is 24.8 Å². The Kier molecular flexibility index (Phi) is 7.04. The van der Waals surface area contributed by atoms with Crippen molar-refractivity contribution >= 4 is 48.1 Å². The van der Waals surface area contributed by atoms with Crippen LogP contribution in [0.3, 0.4) is 0 Å². The van der Waals surface area contributed by atoms with E-state index >= 15 is 0 Å². The van der Waals surface area contributed by atoms with Crippen molar-refractivity contribution in [1.29, 1.82) is 10.8 Å². The van der Waals surface area contributed by atoms with E-state index in [0.29, 0.717) is 5.02 Å². The number of amidine groups is 2. The zero-order valence-corrected chi connectivity index (χ0v) is 9.84. The molecule has 0 atom stereocenters. The van der Waals surface area contributed by atoms with Gasteiger partial charge in [0.1, 0.15) is 23.1 Å². The molecule has 6 N–H and O–H groups in total. The van der Waals surface area contributed by atoms with E-state index in [9.17, 15) is 0 Å². The molecule has 0 radical (unpaired) electrons. The molecule has 0 bridgehead atoms. The van der Waals surface area contributed by atoms with Crippen LogP contribution >= 0.6 is 36.4 Å². The van der Waals surface area contributed by atoms with Crippen molar-refractivity contribution in [2.45, 2.75) is 0 Å². The van der Waals surface area contributed by atoms with Crippen molar-refractivity contribution in [3.8, 4) is 0 Å². The normalized spacial score (nSPS) is 8.33. The Labute approximate surface area is 104 Å². The number of rotatable bonds is 2. The number of nitrogen functional groups attached to an aromatic ring is 2. The van der Waals surface area contributed by atoms with Gasteiger partial charge >= 0.3 is 0 Å². The number of nitrogens with zero attached hydrogens (tertiary/aromatic N) is 1. The first kappa shape index (κ1) is 16.4. The average molecular weight is 271 g/mol. The summed E-state index contributed by atoms with van der Waals surface area (Å²) in [5, 5.41) is 14.6. The summed E-state index contributed by atoms with van der Waals surface area (Å²) >= 11 is 5.69. The first-order chi connectivity index (χ1) is 6.00. The fraction of sp³-hybridized carbons (Fsp3) is 0. The van der Waals surface area contributed by atoms with E-state index in [4.69, 9.17) is 33.9 Å². The minimum Gasteiger partial charge on any atom is -0.382 e. The molecule has 0 spiro atoms. The van der Waals surface area contributed by atoms with Crippen LogP contribution in [0.15, 0.2) is 12.1 Å². The molecule has 1 rings (SSSR count). The van der Waals surface area contributed by atoms with E-state index in [1.54, 1.807) is 0 Å². The van der Waals surface area contributed by atoms with Gasteiger partial charge in [0.05, 0.1) is 0 Å². The minimum atomic E-state index is -0.204.